The minimum absolute atomic E-state index is 0.125. The number of ether oxygens (including phenoxy) is 1. The van der Waals surface area contributed by atoms with Crippen molar-refractivity contribution < 1.29 is 24.2 Å². The molecule has 2 aromatic carbocycles. The minimum atomic E-state index is -1.12. The number of anilines is 2. The van der Waals surface area contributed by atoms with E-state index in [2.05, 4.69) is 13.2 Å². The van der Waals surface area contributed by atoms with E-state index in [1.165, 1.54) is 0 Å². The Kier molecular flexibility index (Phi) is 9.65. The van der Waals surface area contributed by atoms with E-state index in [0.29, 0.717) is 38.8 Å². The average molecular weight is 614 g/mol. The van der Waals surface area contributed by atoms with E-state index < -0.39 is 29.1 Å². The number of carbonyl (C=O) groups excluding carboxylic acids is 3. The molecule has 3 heterocycles. The molecule has 45 heavy (non-hydrogen) atoms. The second kappa shape index (κ2) is 13.3. The number of likely N-dealkylation sites (tertiary alicyclic amines) is 1. The number of hydrogen-bond acceptors (Lipinski definition) is 5. The molecule has 2 bridgehead atoms. The summed E-state index contributed by atoms with van der Waals surface area (Å²) in [7, 11) is 0. The van der Waals surface area contributed by atoms with Gasteiger partial charge in [-0.15, -0.1) is 13.2 Å². The first kappa shape index (κ1) is 32.6. The van der Waals surface area contributed by atoms with Crippen molar-refractivity contribution in [3.05, 3.63) is 85.0 Å². The van der Waals surface area contributed by atoms with Gasteiger partial charge in [0.25, 0.3) is 5.91 Å². The Morgan fingerprint density at radius 1 is 0.933 bits per heavy atom. The van der Waals surface area contributed by atoms with Crippen LogP contribution in [0.2, 0.25) is 0 Å². The normalized spacial score (nSPS) is 26.5. The molecule has 3 aliphatic heterocycles. The van der Waals surface area contributed by atoms with Crippen LogP contribution >= 0.6 is 0 Å². The van der Waals surface area contributed by atoms with Crippen LogP contribution in [0.25, 0.3) is 0 Å². The van der Waals surface area contributed by atoms with E-state index in [-0.39, 0.29) is 30.9 Å². The van der Waals surface area contributed by atoms with Gasteiger partial charge in [0.15, 0.2) is 0 Å². The summed E-state index contributed by atoms with van der Waals surface area (Å²) in [5.41, 5.74) is 1.44. The Morgan fingerprint density at radius 2 is 1.58 bits per heavy atom. The maximum atomic E-state index is 15.0. The first-order valence-corrected chi connectivity index (χ1v) is 16.2. The molecule has 5 atom stereocenters. The average Bonchev–Trinajstić information content (AvgIpc) is 3.59. The fourth-order valence-corrected chi connectivity index (χ4v) is 8.10. The van der Waals surface area contributed by atoms with Gasteiger partial charge >= 0.3 is 0 Å². The topological polar surface area (TPSA) is 90.4 Å². The number of benzene rings is 2. The Bertz CT molecular complexity index is 1420. The van der Waals surface area contributed by atoms with Crippen LogP contribution in [-0.4, -0.2) is 71.2 Å². The van der Waals surface area contributed by atoms with E-state index in [1.54, 1.807) is 26.9 Å². The molecule has 3 fully saturated rings. The summed E-state index contributed by atoms with van der Waals surface area (Å²) in [5.74, 6) is -2.11. The van der Waals surface area contributed by atoms with Crippen LogP contribution in [0.15, 0.2) is 73.8 Å². The monoisotopic (exact) mass is 613 g/mol. The van der Waals surface area contributed by atoms with Gasteiger partial charge in [0.1, 0.15) is 11.6 Å². The second-order valence-electron chi connectivity index (χ2n) is 12.9. The molecule has 240 valence electrons. The van der Waals surface area contributed by atoms with Crippen LogP contribution < -0.4 is 9.80 Å². The maximum absolute atomic E-state index is 15.0. The highest BCUT2D eigenvalue weighted by Crippen LogP contribution is 2.63. The van der Waals surface area contributed by atoms with Crippen LogP contribution in [0.1, 0.15) is 56.6 Å². The van der Waals surface area contributed by atoms with E-state index in [0.717, 1.165) is 35.3 Å². The summed E-state index contributed by atoms with van der Waals surface area (Å²) < 4.78 is 6.93. The lowest BCUT2D eigenvalue weighted by Gasteiger charge is -2.37. The van der Waals surface area contributed by atoms with Crippen molar-refractivity contribution in [2.45, 2.75) is 76.5 Å². The van der Waals surface area contributed by atoms with Gasteiger partial charge in [-0.1, -0.05) is 61.4 Å². The Labute approximate surface area is 267 Å². The van der Waals surface area contributed by atoms with Gasteiger partial charge in [-0.05, 0) is 69.7 Å². The number of rotatable bonds is 14. The van der Waals surface area contributed by atoms with Crippen molar-refractivity contribution in [3.8, 4) is 0 Å². The highest BCUT2D eigenvalue weighted by Gasteiger charge is 2.78. The van der Waals surface area contributed by atoms with Crippen LogP contribution in [0.4, 0.5) is 11.4 Å². The zero-order valence-electron chi connectivity index (χ0n) is 26.9. The fourth-order valence-electron chi connectivity index (χ4n) is 8.10. The number of nitrogens with zero attached hydrogens (tertiary/aromatic N) is 3. The number of fused-ring (bicyclic) bond motifs is 1. The van der Waals surface area contributed by atoms with Crippen molar-refractivity contribution in [1.82, 2.24) is 4.90 Å². The predicted molar refractivity (Wildman–Crippen MR) is 177 cm³/mol. The molecule has 0 radical (unpaired) electrons. The van der Waals surface area contributed by atoms with E-state index in [4.69, 9.17) is 4.74 Å². The number of para-hydroxylation sites is 2. The fraction of sp³-hybridized carbons (Fsp3) is 0.486. The third-order valence-corrected chi connectivity index (χ3v) is 10.0. The predicted octanol–water partition coefficient (Wildman–Crippen LogP) is 5.36. The van der Waals surface area contributed by atoms with Gasteiger partial charge in [0, 0.05) is 37.6 Å². The summed E-state index contributed by atoms with van der Waals surface area (Å²) in [5, 5.41) is 9.27. The Morgan fingerprint density at radius 3 is 2.22 bits per heavy atom. The Hall–Kier alpha value is -3.75. The molecular formula is C37H47N3O5. The molecule has 2 aromatic rings. The largest absolute Gasteiger partial charge is 0.396 e. The quantitative estimate of drug-likeness (QED) is 0.229. The smallest absolute Gasteiger partial charge is 0.253 e. The maximum Gasteiger partial charge on any atom is 0.253 e. The molecule has 1 N–H and O–H groups in total. The molecule has 5 rings (SSSR count). The van der Waals surface area contributed by atoms with Crippen LogP contribution in [0.5, 0.6) is 0 Å². The summed E-state index contributed by atoms with van der Waals surface area (Å²) in [6, 6.07) is 14.5. The van der Waals surface area contributed by atoms with Gasteiger partial charge < -0.3 is 24.5 Å². The Balaban J connectivity index is 1.58. The first-order chi connectivity index (χ1) is 21.6. The molecule has 0 aromatic heterocycles. The van der Waals surface area contributed by atoms with Crippen molar-refractivity contribution >= 4 is 29.1 Å². The minimum Gasteiger partial charge on any atom is -0.396 e. The lowest BCUT2D eigenvalue weighted by Crippen LogP contribution is -2.57. The highest BCUT2D eigenvalue weighted by atomic mass is 16.5. The van der Waals surface area contributed by atoms with Crippen LogP contribution in [0.3, 0.4) is 0 Å². The number of amides is 3. The van der Waals surface area contributed by atoms with Gasteiger partial charge in [0.05, 0.1) is 17.4 Å². The van der Waals surface area contributed by atoms with Gasteiger partial charge in [-0.2, -0.15) is 0 Å². The molecule has 3 amide bonds. The van der Waals surface area contributed by atoms with Crippen LogP contribution in [-0.2, 0) is 19.1 Å². The van der Waals surface area contributed by atoms with E-state index in [9.17, 15) is 19.5 Å². The van der Waals surface area contributed by atoms with Crippen molar-refractivity contribution in [3.63, 3.8) is 0 Å². The third-order valence-electron chi connectivity index (χ3n) is 10.0. The number of aryl methyl sites for hydroxylation is 2. The number of aliphatic hydroxyl groups is 1. The first-order valence-electron chi connectivity index (χ1n) is 16.2. The molecule has 0 saturated carbocycles. The number of unbranched alkanes of at least 4 members (excludes halogenated alkanes) is 3. The molecular weight excluding hydrogens is 566 g/mol. The summed E-state index contributed by atoms with van der Waals surface area (Å²) in [6.07, 6.45) is 7.52. The lowest BCUT2D eigenvalue weighted by molar-refractivity contribution is -0.144. The lowest BCUT2D eigenvalue weighted by atomic mass is 9.66. The second-order valence-corrected chi connectivity index (χ2v) is 12.9. The molecule has 0 aliphatic carbocycles. The SMILES string of the molecule is C=CCN(C(=O)[C@@H]1[C@H]2C(=O)N(CCCCCCO)C(C(=O)N(CC=C)c3c(C)cccc3C)C23CC[C@@]1(C)O3)c1ccccc1. The zero-order chi connectivity index (χ0) is 32.4. The zero-order valence-corrected chi connectivity index (χ0v) is 26.9. The number of hydrogen-bond donors (Lipinski definition) is 1. The van der Waals surface area contributed by atoms with Crippen molar-refractivity contribution in [2.24, 2.45) is 11.8 Å². The summed E-state index contributed by atoms with van der Waals surface area (Å²) in [4.78, 5) is 49.3. The highest BCUT2D eigenvalue weighted by molar-refractivity contribution is 6.07. The van der Waals surface area contributed by atoms with Gasteiger partial charge in [-0.3, -0.25) is 14.4 Å². The van der Waals surface area contributed by atoms with Crippen molar-refractivity contribution in [1.29, 1.82) is 0 Å². The van der Waals surface area contributed by atoms with Crippen molar-refractivity contribution in [2.75, 3.05) is 36.0 Å². The molecule has 3 saturated heterocycles. The number of aliphatic hydroxyl groups excluding tert-OH is 1. The summed E-state index contributed by atoms with van der Waals surface area (Å²) >= 11 is 0. The molecule has 8 heteroatoms. The van der Waals surface area contributed by atoms with Crippen LogP contribution in [0, 0.1) is 25.7 Å². The molecule has 8 nitrogen and oxygen atoms in total. The molecule has 1 spiro atoms. The van der Waals surface area contributed by atoms with E-state index in [1.807, 2.05) is 69.3 Å². The summed E-state index contributed by atoms with van der Waals surface area (Å²) in [6.45, 7) is 14.8. The third kappa shape index (κ3) is 5.63. The van der Waals surface area contributed by atoms with E-state index >= 15 is 0 Å². The molecule has 2 unspecified atom stereocenters. The molecule has 3 aliphatic rings. The van der Waals surface area contributed by atoms with Gasteiger partial charge in [-0.25, -0.2) is 0 Å². The van der Waals surface area contributed by atoms with Gasteiger partial charge in [0.2, 0.25) is 11.8 Å². The number of carbonyl (C=O) groups is 3. The standard InChI is InChI=1S/C37H47N3O5/c1-6-22-38(28-18-11-10-12-19-28)33(42)29-30-34(43)40(24-13-8-9-14-25-41)32(37(30)21-20-36(29,5)45-37)35(44)39(23-7-2)31-26(3)16-15-17-27(31)4/h6-7,10-12,15-19,29-30,32,41H,1-2,8-9,13-14,20-25H2,3-5H3/t29-,30-,32?,36+,37?/m0/s1.